The van der Waals surface area contributed by atoms with Gasteiger partial charge in [-0.25, -0.2) is 13.8 Å². The van der Waals surface area contributed by atoms with E-state index >= 15 is 0 Å². The molecule has 1 saturated heterocycles. The molecule has 0 aliphatic carbocycles. The highest BCUT2D eigenvalue weighted by molar-refractivity contribution is 5.85. The molecule has 1 fully saturated rings. The molecule has 0 spiro atoms. The molecule has 2 heterocycles. The van der Waals surface area contributed by atoms with Gasteiger partial charge < -0.3 is 14.8 Å². The second kappa shape index (κ2) is 6.61. The Balaban J connectivity index is 0.00000220. The first-order valence-electron chi connectivity index (χ1n) is 6.00. The third-order valence-electron chi connectivity index (χ3n) is 3.22. The molecule has 0 saturated carbocycles. The molecule has 0 radical (unpaired) electrons. The lowest BCUT2D eigenvalue weighted by Crippen LogP contribution is -2.55. The molecular formula is C11H15ClF4N4O. The summed E-state index contributed by atoms with van der Waals surface area (Å²) in [5.41, 5.74) is 0. The maximum Gasteiger partial charge on any atom is 0.383 e. The maximum atomic E-state index is 13.3. The summed E-state index contributed by atoms with van der Waals surface area (Å²) in [5, 5.41) is 2.94. The summed E-state index contributed by atoms with van der Waals surface area (Å²) >= 11 is 0. The van der Waals surface area contributed by atoms with Crippen molar-refractivity contribution in [1.29, 1.82) is 0 Å². The van der Waals surface area contributed by atoms with Crippen LogP contribution in [0.1, 0.15) is 11.9 Å². The van der Waals surface area contributed by atoms with Crippen molar-refractivity contribution in [3.8, 4) is 0 Å². The number of nitrogens with one attached hydrogen (secondary N) is 1. The average Bonchev–Trinajstić information content (AvgIpc) is 2.83. The van der Waals surface area contributed by atoms with Crippen LogP contribution in [0.2, 0.25) is 0 Å². The van der Waals surface area contributed by atoms with E-state index in [1.54, 1.807) is 17.8 Å². The first kappa shape index (κ1) is 17.7. The molecule has 21 heavy (non-hydrogen) atoms. The van der Waals surface area contributed by atoms with Gasteiger partial charge in [0.2, 0.25) is 0 Å². The summed E-state index contributed by atoms with van der Waals surface area (Å²) in [5.74, 6) is -6.17. The Morgan fingerprint density at radius 3 is 2.71 bits per heavy atom. The third-order valence-corrected chi connectivity index (χ3v) is 3.22. The van der Waals surface area contributed by atoms with Crippen molar-refractivity contribution in [2.75, 3.05) is 19.6 Å². The minimum absolute atomic E-state index is 0. The monoisotopic (exact) mass is 330 g/mol. The fourth-order valence-corrected chi connectivity index (χ4v) is 2.16. The second-order valence-corrected chi connectivity index (χ2v) is 4.54. The van der Waals surface area contributed by atoms with Crippen LogP contribution in [0.5, 0.6) is 0 Å². The van der Waals surface area contributed by atoms with Crippen LogP contribution in [-0.2, 0) is 11.8 Å². The minimum atomic E-state index is -4.68. The van der Waals surface area contributed by atoms with Gasteiger partial charge in [-0.2, -0.15) is 8.78 Å². The van der Waals surface area contributed by atoms with Crippen LogP contribution in [-0.4, -0.2) is 52.3 Å². The first-order valence-corrected chi connectivity index (χ1v) is 6.00. The number of hydrogen-bond donors (Lipinski definition) is 1. The zero-order chi connectivity index (χ0) is 14.9. The summed E-state index contributed by atoms with van der Waals surface area (Å²) < 4.78 is 52.7. The Morgan fingerprint density at radius 2 is 2.19 bits per heavy atom. The smallest absolute Gasteiger partial charge is 0.336 e. The van der Waals surface area contributed by atoms with E-state index in [1.807, 2.05) is 0 Å². The molecule has 1 unspecified atom stereocenters. The van der Waals surface area contributed by atoms with Gasteiger partial charge in [0.1, 0.15) is 11.9 Å². The van der Waals surface area contributed by atoms with Crippen molar-refractivity contribution < 1.29 is 22.4 Å². The van der Waals surface area contributed by atoms with E-state index in [9.17, 15) is 22.4 Å². The highest BCUT2D eigenvalue weighted by Gasteiger charge is 2.53. The van der Waals surface area contributed by atoms with Gasteiger partial charge in [-0.15, -0.1) is 12.4 Å². The van der Waals surface area contributed by atoms with Crippen molar-refractivity contribution in [2.45, 2.75) is 18.4 Å². The zero-order valence-corrected chi connectivity index (χ0v) is 11.9. The van der Waals surface area contributed by atoms with Gasteiger partial charge in [-0.3, -0.25) is 4.79 Å². The molecule has 1 N–H and O–H groups in total. The Bertz CT molecular complexity index is 496. The highest BCUT2D eigenvalue weighted by Crippen LogP contribution is 2.30. The molecule has 10 heteroatoms. The molecule has 1 amide bonds. The topological polar surface area (TPSA) is 50.2 Å². The van der Waals surface area contributed by atoms with Crippen LogP contribution in [0, 0.1) is 0 Å². The molecule has 1 atom stereocenters. The van der Waals surface area contributed by atoms with Crippen molar-refractivity contribution in [2.24, 2.45) is 7.05 Å². The van der Waals surface area contributed by atoms with Crippen LogP contribution in [0.4, 0.5) is 17.6 Å². The Morgan fingerprint density at radius 1 is 1.52 bits per heavy atom. The van der Waals surface area contributed by atoms with Crippen LogP contribution in [0.15, 0.2) is 12.4 Å². The third kappa shape index (κ3) is 3.29. The standard InChI is InChI=1S/C11H14F4N4O.ClH/c1-18-4-3-17-8(18)7-6-16-2-5-19(7)10(20)11(14,15)9(12)13;/h3-4,7,9,16H,2,5-6H2,1H3;1H. The number of imidazole rings is 1. The largest absolute Gasteiger partial charge is 0.383 e. The fraction of sp³-hybridized carbons (Fsp3) is 0.636. The highest BCUT2D eigenvalue weighted by atomic mass is 35.5. The number of hydrogen-bond acceptors (Lipinski definition) is 3. The number of alkyl halides is 4. The number of carbonyl (C=O) groups excluding carboxylic acids is 1. The number of aromatic nitrogens is 2. The minimum Gasteiger partial charge on any atom is -0.336 e. The van der Waals surface area contributed by atoms with Gasteiger partial charge in [0, 0.05) is 39.1 Å². The fourth-order valence-electron chi connectivity index (χ4n) is 2.16. The van der Waals surface area contributed by atoms with Gasteiger partial charge in [-0.1, -0.05) is 0 Å². The van der Waals surface area contributed by atoms with E-state index in [0.717, 1.165) is 4.90 Å². The first-order chi connectivity index (χ1) is 9.35. The molecule has 1 aliphatic heterocycles. The number of piperazine rings is 1. The summed E-state index contributed by atoms with van der Waals surface area (Å²) in [4.78, 5) is 16.5. The number of halogens is 5. The van der Waals surface area contributed by atoms with E-state index in [-0.39, 0.29) is 32.0 Å². The molecule has 0 bridgehead atoms. The maximum absolute atomic E-state index is 13.3. The lowest BCUT2D eigenvalue weighted by Gasteiger charge is -2.37. The Labute approximate surface area is 124 Å². The molecule has 120 valence electrons. The zero-order valence-electron chi connectivity index (χ0n) is 11.1. The van der Waals surface area contributed by atoms with E-state index in [2.05, 4.69) is 10.3 Å². The van der Waals surface area contributed by atoms with Crippen molar-refractivity contribution >= 4 is 18.3 Å². The number of nitrogens with zero attached hydrogens (tertiary/aromatic N) is 3. The normalized spacial score (nSPS) is 19.5. The average molecular weight is 331 g/mol. The van der Waals surface area contributed by atoms with Crippen molar-refractivity contribution in [1.82, 2.24) is 19.8 Å². The lowest BCUT2D eigenvalue weighted by molar-refractivity contribution is -0.184. The second-order valence-electron chi connectivity index (χ2n) is 4.54. The Hall–Kier alpha value is -1.35. The molecular weight excluding hydrogens is 316 g/mol. The molecule has 5 nitrogen and oxygen atoms in total. The van der Waals surface area contributed by atoms with Gasteiger partial charge in [-0.05, 0) is 0 Å². The molecule has 1 aromatic heterocycles. The number of rotatable bonds is 3. The van der Waals surface area contributed by atoms with Crippen LogP contribution < -0.4 is 5.32 Å². The summed E-state index contributed by atoms with van der Waals surface area (Å²) in [6.45, 7) is 0.389. The van der Waals surface area contributed by atoms with Crippen LogP contribution >= 0.6 is 12.4 Å². The van der Waals surface area contributed by atoms with E-state index in [0.29, 0.717) is 5.82 Å². The quantitative estimate of drug-likeness (QED) is 0.848. The lowest BCUT2D eigenvalue weighted by atomic mass is 10.1. The molecule has 0 aromatic carbocycles. The predicted octanol–water partition coefficient (Wildman–Crippen LogP) is 1.22. The van der Waals surface area contributed by atoms with Crippen molar-refractivity contribution in [3.05, 3.63) is 18.2 Å². The number of carbonyl (C=O) groups is 1. The summed E-state index contributed by atoms with van der Waals surface area (Å²) in [6.07, 6.45) is -0.970. The van der Waals surface area contributed by atoms with Gasteiger partial charge in [0.25, 0.3) is 5.91 Å². The summed E-state index contributed by atoms with van der Waals surface area (Å²) in [7, 11) is 1.64. The van der Waals surface area contributed by atoms with Crippen molar-refractivity contribution in [3.63, 3.8) is 0 Å². The van der Waals surface area contributed by atoms with Gasteiger partial charge in [0.05, 0.1) is 0 Å². The SMILES string of the molecule is Cl.Cn1ccnc1C1CNCCN1C(=O)C(F)(F)C(F)F. The van der Waals surface area contributed by atoms with Crippen LogP contribution in [0.25, 0.3) is 0 Å². The predicted molar refractivity (Wildman–Crippen MR) is 68.7 cm³/mol. The number of amides is 1. The van der Waals surface area contributed by atoms with Gasteiger partial charge in [0.15, 0.2) is 0 Å². The molecule has 1 aromatic rings. The summed E-state index contributed by atoms with van der Waals surface area (Å²) in [6, 6.07) is -0.791. The van der Waals surface area contributed by atoms with E-state index in [1.165, 1.54) is 6.20 Å². The number of aryl methyl sites for hydroxylation is 1. The molecule has 1 aliphatic rings. The van der Waals surface area contributed by atoms with Crippen LogP contribution in [0.3, 0.4) is 0 Å². The Kier molecular flexibility index (Phi) is 5.57. The van der Waals surface area contributed by atoms with E-state index in [4.69, 9.17) is 0 Å². The van der Waals surface area contributed by atoms with Gasteiger partial charge >= 0.3 is 12.3 Å². The van der Waals surface area contributed by atoms with E-state index < -0.39 is 24.3 Å². The molecule has 2 rings (SSSR count).